The van der Waals surface area contributed by atoms with E-state index >= 15 is 0 Å². The van der Waals surface area contributed by atoms with Crippen LogP contribution in [0.1, 0.15) is 23.7 Å². The Bertz CT molecular complexity index is 446. The summed E-state index contributed by atoms with van der Waals surface area (Å²) in [5, 5.41) is 0. The first kappa shape index (κ1) is 15.6. The highest BCUT2D eigenvalue weighted by molar-refractivity contribution is 9.10. The fraction of sp³-hybridized carbons (Fsp3) is 0.462. The van der Waals surface area contributed by atoms with Gasteiger partial charge in [0.15, 0.2) is 0 Å². The van der Waals surface area contributed by atoms with Gasteiger partial charge in [0.1, 0.15) is 11.1 Å². The smallest absolute Gasteiger partial charge is 0.255 e. The number of hydrogen-bond acceptors (Lipinski definition) is 3. The van der Waals surface area contributed by atoms with E-state index in [0.717, 1.165) is 6.42 Å². The van der Waals surface area contributed by atoms with Gasteiger partial charge in [-0.2, -0.15) is 0 Å². The van der Waals surface area contributed by atoms with E-state index in [2.05, 4.69) is 20.9 Å². The minimum Gasteiger partial charge on any atom is -0.347 e. The van der Waals surface area contributed by atoms with E-state index in [1.54, 1.807) is 31.1 Å². The van der Waals surface area contributed by atoms with Gasteiger partial charge in [0.2, 0.25) is 5.91 Å². The minimum atomic E-state index is -0.169. The van der Waals surface area contributed by atoms with Gasteiger partial charge in [-0.3, -0.25) is 9.59 Å². The topological polar surface area (TPSA) is 53.5 Å². The SMILES string of the molecule is CCCN(CC(=O)N(C)C)C(=O)c1ccc(Br)nc1. The molecule has 0 saturated carbocycles. The number of rotatable bonds is 5. The molecule has 0 unspecified atom stereocenters. The summed E-state index contributed by atoms with van der Waals surface area (Å²) in [6, 6.07) is 3.41. The Labute approximate surface area is 121 Å². The highest BCUT2D eigenvalue weighted by Gasteiger charge is 2.19. The largest absolute Gasteiger partial charge is 0.347 e. The summed E-state index contributed by atoms with van der Waals surface area (Å²) >= 11 is 3.22. The fourth-order valence-corrected chi connectivity index (χ4v) is 1.75. The molecule has 0 bridgehead atoms. The molecular weight excluding hydrogens is 310 g/mol. The average molecular weight is 328 g/mol. The van der Waals surface area contributed by atoms with Gasteiger partial charge in [0.25, 0.3) is 5.91 Å². The van der Waals surface area contributed by atoms with Crippen molar-refractivity contribution in [3.8, 4) is 0 Å². The molecule has 1 rings (SSSR count). The van der Waals surface area contributed by atoms with Crippen LogP contribution in [-0.2, 0) is 4.79 Å². The van der Waals surface area contributed by atoms with Crippen molar-refractivity contribution in [2.75, 3.05) is 27.2 Å². The Hall–Kier alpha value is -1.43. The van der Waals surface area contributed by atoms with Gasteiger partial charge in [-0.25, -0.2) is 4.98 Å². The maximum Gasteiger partial charge on any atom is 0.255 e. The van der Waals surface area contributed by atoms with Crippen LogP contribution in [0.2, 0.25) is 0 Å². The molecule has 0 N–H and O–H groups in total. The van der Waals surface area contributed by atoms with Crippen molar-refractivity contribution in [2.24, 2.45) is 0 Å². The molecule has 0 aliphatic heterocycles. The van der Waals surface area contributed by atoms with Crippen LogP contribution < -0.4 is 0 Å². The van der Waals surface area contributed by atoms with Gasteiger partial charge in [0.05, 0.1) is 5.56 Å². The second-order valence-corrected chi connectivity index (χ2v) is 5.20. The van der Waals surface area contributed by atoms with Crippen molar-refractivity contribution in [1.29, 1.82) is 0 Å². The third-order valence-electron chi connectivity index (χ3n) is 2.58. The molecule has 104 valence electrons. The predicted molar refractivity (Wildman–Crippen MR) is 76.8 cm³/mol. The Balaban J connectivity index is 2.83. The lowest BCUT2D eigenvalue weighted by molar-refractivity contribution is -0.129. The average Bonchev–Trinajstić information content (AvgIpc) is 2.38. The van der Waals surface area contributed by atoms with Crippen LogP contribution in [0.3, 0.4) is 0 Å². The molecule has 19 heavy (non-hydrogen) atoms. The Morgan fingerprint density at radius 3 is 2.47 bits per heavy atom. The molecule has 1 aromatic rings. The molecule has 0 radical (unpaired) electrons. The number of likely N-dealkylation sites (N-methyl/N-ethyl adjacent to an activating group) is 1. The third kappa shape index (κ3) is 4.63. The lowest BCUT2D eigenvalue weighted by atomic mass is 10.2. The molecule has 1 heterocycles. The highest BCUT2D eigenvalue weighted by Crippen LogP contribution is 2.09. The van der Waals surface area contributed by atoms with Gasteiger partial charge in [-0.05, 0) is 34.5 Å². The maximum atomic E-state index is 12.3. The maximum absolute atomic E-state index is 12.3. The summed E-state index contributed by atoms with van der Waals surface area (Å²) in [5.41, 5.74) is 0.489. The molecule has 0 aliphatic carbocycles. The lowest BCUT2D eigenvalue weighted by Gasteiger charge is -2.23. The summed E-state index contributed by atoms with van der Waals surface area (Å²) in [5.74, 6) is -0.260. The zero-order valence-corrected chi connectivity index (χ0v) is 13.0. The molecule has 2 amide bonds. The van der Waals surface area contributed by atoms with Crippen LogP contribution >= 0.6 is 15.9 Å². The third-order valence-corrected chi connectivity index (χ3v) is 3.05. The monoisotopic (exact) mass is 327 g/mol. The van der Waals surface area contributed by atoms with Crippen molar-refractivity contribution in [3.05, 3.63) is 28.5 Å². The van der Waals surface area contributed by atoms with E-state index < -0.39 is 0 Å². The molecule has 0 saturated heterocycles. The number of carbonyl (C=O) groups excluding carboxylic acids is 2. The standard InChI is InChI=1S/C13H18BrN3O2/c1-4-7-17(9-12(18)16(2)3)13(19)10-5-6-11(14)15-8-10/h5-6,8H,4,7,9H2,1-3H3. The summed E-state index contributed by atoms with van der Waals surface area (Å²) in [6.07, 6.45) is 2.31. The fourth-order valence-electron chi connectivity index (χ4n) is 1.51. The van der Waals surface area contributed by atoms with Gasteiger partial charge in [-0.15, -0.1) is 0 Å². The van der Waals surface area contributed by atoms with Crippen LogP contribution in [0.5, 0.6) is 0 Å². The summed E-state index contributed by atoms with van der Waals surface area (Å²) in [4.78, 5) is 31.1. The zero-order valence-electron chi connectivity index (χ0n) is 11.4. The van der Waals surface area contributed by atoms with Gasteiger partial charge < -0.3 is 9.80 Å². The Morgan fingerprint density at radius 2 is 2.00 bits per heavy atom. The number of nitrogens with zero attached hydrogens (tertiary/aromatic N) is 3. The highest BCUT2D eigenvalue weighted by atomic mass is 79.9. The Morgan fingerprint density at radius 1 is 1.32 bits per heavy atom. The van der Waals surface area contributed by atoms with Crippen molar-refractivity contribution in [3.63, 3.8) is 0 Å². The number of aromatic nitrogens is 1. The number of amides is 2. The quantitative estimate of drug-likeness (QED) is 0.775. The first-order valence-corrected chi connectivity index (χ1v) is 6.86. The second kappa shape index (κ2) is 7.23. The summed E-state index contributed by atoms with van der Waals surface area (Å²) < 4.78 is 0.676. The first-order chi connectivity index (χ1) is 8.95. The number of pyridine rings is 1. The molecule has 0 spiro atoms. The lowest BCUT2D eigenvalue weighted by Crippen LogP contribution is -2.40. The van der Waals surface area contributed by atoms with Crippen molar-refractivity contribution >= 4 is 27.7 Å². The molecule has 1 aromatic heterocycles. The molecule has 0 aliphatic rings. The predicted octanol–water partition coefficient (Wildman–Crippen LogP) is 1.78. The van der Waals surface area contributed by atoms with Crippen molar-refractivity contribution < 1.29 is 9.59 Å². The first-order valence-electron chi connectivity index (χ1n) is 6.06. The number of carbonyl (C=O) groups is 2. The number of hydrogen-bond donors (Lipinski definition) is 0. The van der Waals surface area contributed by atoms with E-state index in [0.29, 0.717) is 16.7 Å². The van der Waals surface area contributed by atoms with Crippen LogP contribution in [0.4, 0.5) is 0 Å². The van der Waals surface area contributed by atoms with E-state index in [1.165, 1.54) is 11.1 Å². The normalized spacial score (nSPS) is 10.1. The second-order valence-electron chi connectivity index (χ2n) is 4.38. The zero-order chi connectivity index (χ0) is 14.4. The van der Waals surface area contributed by atoms with E-state index in [4.69, 9.17) is 0 Å². The van der Waals surface area contributed by atoms with Crippen LogP contribution in [-0.4, -0.2) is 53.8 Å². The Kier molecular flexibility index (Phi) is 5.95. The molecule has 6 heteroatoms. The summed E-state index contributed by atoms with van der Waals surface area (Å²) in [6.45, 7) is 2.62. The number of halogens is 1. The van der Waals surface area contributed by atoms with E-state index in [9.17, 15) is 9.59 Å². The van der Waals surface area contributed by atoms with Crippen molar-refractivity contribution in [1.82, 2.24) is 14.8 Å². The molecule has 0 fully saturated rings. The van der Waals surface area contributed by atoms with Crippen LogP contribution in [0.15, 0.2) is 22.9 Å². The molecule has 0 aromatic carbocycles. The minimum absolute atomic E-state index is 0.0909. The molecule has 0 atom stereocenters. The summed E-state index contributed by atoms with van der Waals surface area (Å²) in [7, 11) is 3.36. The van der Waals surface area contributed by atoms with E-state index in [1.807, 2.05) is 6.92 Å². The van der Waals surface area contributed by atoms with Crippen LogP contribution in [0, 0.1) is 0 Å². The van der Waals surface area contributed by atoms with Crippen molar-refractivity contribution in [2.45, 2.75) is 13.3 Å². The van der Waals surface area contributed by atoms with Crippen LogP contribution in [0.25, 0.3) is 0 Å². The van der Waals surface area contributed by atoms with E-state index in [-0.39, 0.29) is 18.4 Å². The molecular formula is C13H18BrN3O2. The van der Waals surface area contributed by atoms with Gasteiger partial charge in [0, 0.05) is 26.8 Å². The molecule has 5 nitrogen and oxygen atoms in total. The van der Waals surface area contributed by atoms with Gasteiger partial charge >= 0.3 is 0 Å². The van der Waals surface area contributed by atoms with Gasteiger partial charge in [-0.1, -0.05) is 6.92 Å².